The zero-order valence-corrected chi connectivity index (χ0v) is 16.7. The molecule has 7 heteroatoms. The largest absolute Gasteiger partial charge is 0.480 e. The first-order valence-corrected chi connectivity index (χ1v) is 9.05. The first-order valence-electron chi connectivity index (χ1n) is 9.05. The van der Waals surface area contributed by atoms with Crippen LogP contribution in [0.5, 0.6) is 0 Å². The Morgan fingerprint density at radius 2 is 1.89 bits per heavy atom. The Morgan fingerprint density at radius 3 is 2.37 bits per heavy atom. The van der Waals surface area contributed by atoms with Crippen LogP contribution in [0, 0.1) is 5.92 Å². The molecule has 152 valence electrons. The van der Waals surface area contributed by atoms with Crippen molar-refractivity contribution in [3.8, 4) is 0 Å². The number of benzene rings is 1. The highest BCUT2D eigenvalue weighted by molar-refractivity contribution is 5.86. The van der Waals surface area contributed by atoms with E-state index >= 15 is 0 Å². The van der Waals surface area contributed by atoms with Crippen LogP contribution in [0.25, 0.3) is 0 Å². The predicted molar refractivity (Wildman–Crippen MR) is 104 cm³/mol. The van der Waals surface area contributed by atoms with Crippen molar-refractivity contribution in [2.45, 2.75) is 46.3 Å². The summed E-state index contributed by atoms with van der Waals surface area (Å²) in [5.74, 6) is -0.496. The van der Waals surface area contributed by atoms with E-state index in [2.05, 4.69) is 26.1 Å². The highest BCUT2D eigenvalue weighted by Crippen LogP contribution is 2.16. The lowest BCUT2D eigenvalue weighted by atomic mass is 10.2. The Labute approximate surface area is 161 Å². The van der Waals surface area contributed by atoms with E-state index in [-0.39, 0.29) is 12.5 Å². The van der Waals surface area contributed by atoms with Gasteiger partial charge in [0.05, 0.1) is 13.2 Å². The average molecular weight is 380 g/mol. The smallest absolute Gasteiger partial charge is 0.326 e. The van der Waals surface area contributed by atoms with Gasteiger partial charge in [-0.2, -0.15) is 0 Å². The van der Waals surface area contributed by atoms with Gasteiger partial charge in [0.15, 0.2) is 0 Å². The van der Waals surface area contributed by atoms with E-state index in [1.807, 2.05) is 30.3 Å². The van der Waals surface area contributed by atoms with Crippen molar-refractivity contribution in [2.75, 3.05) is 20.2 Å². The van der Waals surface area contributed by atoms with Crippen LogP contribution in [0.4, 0.5) is 0 Å². The molecule has 0 aliphatic carbocycles. The summed E-state index contributed by atoms with van der Waals surface area (Å²) in [7, 11) is 1.70. The molecule has 1 aliphatic rings. The summed E-state index contributed by atoms with van der Waals surface area (Å²) in [6.45, 7) is 7.53. The number of carboxylic acid groups (broad SMARTS) is 1. The minimum Gasteiger partial charge on any atom is -0.480 e. The number of rotatable bonds is 6. The first-order chi connectivity index (χ1) is 12.8. The molecule has 1 unspecified atom stereocenters. The minimum absolute atomic E-state index is 0.132. The second-order valence-electron chi connectivity index (χ2n) is 6.73. The predicted octanol–water partition coefficient (Wildman–Crippen LogP) is 2.30. The van der Waals surface area contributed by atoms with Gasteiger partial charge >= 0.3 is 5.97 Å². The Morgan fingerprint density at radius 1 is 1.30 bits per heavy atom. The zero-order chi connectivity index (χ0) is 20.7. The number of carboxylic acids is 1. The average Bonchev–Trinajstić information content (AvgIpc) is 3.11. The number of carbonyl (C=O) groups excluding carboxylic acids is 2. The number of amides is 2. The van der Waals surface area contributed by atoms with E-state index in [4.69, 9.17) is 9.84 Å². The summed E-state index contributed by atoms with van der Waals surface area (Å²) in [6, 6.07) is 9.38. The lowest BCUT2D eigenvalue weighted by molar-refractivity contribution is -0.147. The number of nitrogens with one attached hydrogen (secondary N) is 1. The van der Waals surface area contributed by atoms with Crippen LogP contribution in [-0.2, 0) is 25.7 Å². The number of aliphatic carboxylic acids is 1. The molecule has 27 heavy (non-hydrogen) atoms. The third-order valence-electron chi connectivity index (χ3n) is 3.35. The molecule has 2 amide bonds. The summed E-state index contributed by atoms with van der Waals surface area (Å²) in [5.41, 5.74) is 1.22. The number of hydrogen-bond donors (Lipinski definition) is 2. The van der Waals surface area contributed by atoms with Crippen LogP contribution in [0.15, 0.2) is 30.3 Å². The number of ether oxygens (including phenoxy) is 1. The molecule has 0 aromatic heterocycles. The Balaban J connectivity index is 0.000000444. The normalized spacial score (nSPS) is 15.1. The van der Waals surface area contributed by atoms with Crippen LogP contribution in [0.3, 0.4) is 0 Å². The van der Waals surface area contributed by atoms with Gasteiger partial charge in [0.1, 0.15) is 6.04 Å². The summed E-state index contributed by atoms with van der Waals surface area (Å²) in [4.78, 5) is 33.3. The molecule has 1 fully saturated rings. The van der Waals surface area contributed by atoms with Gasteiger partial charge in [-0.15, -0.1) is 0 Å². The van der Waals surface area contributed by atoms with Crippen molar-refractivity contribution in [3.05, 3.63) is 35.9 Å². The number of likely N-dealkylation sites (tertiary alicyclic amines) is 1. The van der Waals surface area contributed by atoms with Gasteiger partial charge in [0.25, 0.3) is 0 Å². The standard InChI is InChI=1S/C8H12N2O4.C8H10O.C4H10/c11-5-9-4-7(12)10-3-1-2-6(10)8(13)14;1-9-7-8-5-3-2-4-6-8;1-4(2)3/h5-6H,1-4H2,(H,9,11)(H,13,14);2-6H,7H2,1H3;4H,1-3H3. The summed E-state index contributed by atoms with van der Waals surface area (Å²) < 4.78 is 4.93. The number of methoxy groups -OCH3 is 1. The molecule has 0 radical (unpaired) electrons. The van der Waals surface area contributed by atoms with Crippen LogP contribution in [0.1, 0.15) is 39.2 Å². The second kappa shape index (κ2) is 14.7. The molecule has 0 saturated carbocycles. The van der Waals surface area contributed by atoms with Crippen molar-refractivity contribution in [1.29, 1.82) is 0 Å². The lowest BCUT2D eigenvalue weighted by Crippen LogP contribution is -2.44. The fourth-order valence-electron chi connectivity index (χ4n) is 2.29. The topological polar surface area (TPSA) is 95.9 Å². The fourth-order valence-corrected chi connectivity index (χ4v) is 2.29. The van der Waals surface area contributed by atoms with Gasteiger partial charge in [-0.1, -0.05) is 51.1 Å². The molecule has 1 saturated heterocycles. The van der Waals surface area contributed by atoms with Gasteiger partial charge in [0, 0.05) is 13.7 Å². The number of nitrogens with zero attached hydrogens (tertiary/aromatic N) is 1. The highest BCUT2D eigenvalue weighted by atomic mass is 16.5. The molecule has 1 heterocycles. The van der Waals surface area contributed by atoms with E-state index in [9.17, 15) is 14.4 Å². The molecule has 0 bridgehead atoms. The molecule has 1 aliphatic heterocycles. The van der Waals surface area contributed by atoms with Crippen molar-refractivity contribution in [1.82, 2.24) is 10.2 Å². The van der Waals surface area contributed by atoms with Crippen molar-refractivity contribution < 1.29 is 24.2 Å². The van der Waals surface area contributed by atoms with Gasteiger partial charge in [-0.3, -0.25) is 9.59 Å². The second-order valence-corrected chi connectivity index (χ2v) is 6.73. The van der Waals surface area contributed by atoms with Crippen molar-refractivity contribution in [3.63, 3.8) is 0 Å². The third-order valence-corrected chi connectivity index (χ3v) is 3.35. The van der Waals surface area contributed by atoms with E-state index < -0.39 is 12.0 Å². The summed E-state index contributed by atoms with van der Waals surface area (Å²) in [5, 5.41) is 11.0. The van der Waals surface area contributed by atoms with E-state index in [1.54, 1.807) is 7.11 Å². The monoisotopic (exact) mass is 380 g/mol. The Hall–Kier alpha value is -2.41. The zero-order valence-electron chi connectivity index (χ0n) is 16.7. The van der Waals surface area contributed by atoms with Gasteiger partial charge < -0.3 is 20.1 Å². The molecular weight excluding hydrogens is 348 g/mol. The molecule has 1 atom stereocenters. The number of hydrogen-bond acceptors (Lipinski definition) is 4. The van der Waals surface area contributed by atoms with Gasteiger partial charge in [-0.05, 0) is 24.3 Å². The van der Waals surface area contributed by atoms with E-state index in [0.717, 1.165) is 5.92 Å². The van der Waals surface area contributed by atoms with E-state index in [0.29, 0.717) is 32.4 Å². The molecule has 1 aromatic rings. The highest BCUT2D eigenvalue weighted by Gasteiger charge is 2.33. The lowest BCUT2D eigenvalue weighted by Gasteiger charge is -2.20. The molecular formula is C20H32N2O5. The number of carbonyl (C=O) groups is 3. The Kier molecular flexibility index (Phi) is 13.4. The maximum atomic E-state index is 11.4. The quantitative estimate of drug-likeness (QED) is 0.738. The van der Waals surface area contributed by atoms with Crippen molar-refractivity contribution >= 4 is 18.3 Å². The molecule has 2 rings (SSSR count). The van der Waals surface area contributed by atoms with Crippen LogP contribution in [0.2, 0.25) is 0 Å². The third kappa shape index (κ3) is 11.8. The van der Waals surface area contributed by atoms with Gasteiger partial charge in [0.2, 0.25) is 12.3 Å². The first kappa shape index (κ1) is 24.6. The maximum absolute atomic E-state index is 11.4. The van der Waals surface area contributed by atoms with Crippen LogP contribution in [-0.4, -0.2) is 54.5 Å². The summed E-state index contributed by atoms with van der Waals surface area (Å²) in [6.07, 6.45) is 1.61. The van der Waals surface area contributed by atoms with Gasteiger partial charge in [-0.25, -0.2) is 4.79 Å². The summed E-state index contributed by atoms with van der Waals surface area (Å²) >= 11 is 0. The van der Waals surface area contributed by atoms with E-state index in [1.165, 1.54) is 10.5 Å². The van der Waals surface area contributed by atoms with Crippen LogP contribution >= 0.6 is 0 Å². The molecule has 7 nitrogen and oxygen atoms in total. The molecule has 2 N–H and O–H groups in total. The molecule has 1 aromatic carbocycles. The van der Waals surface area contributed by atoms with Crippen molar-refractivity contribution in [2.24, 2.45) is 5.92 Å². The molecule has 0 spiro atoms. The minimum atomic E-state index is -0.984. The van der Waals surface area contributed by atoms with Crippen LogP contribution < -0.4 is 5.32 Å². The maximum Gasteiger partial charge on any atom is 0.326 e. The SMILES string of the molecule is CC(C)C.COCc1ccccc1.O=CNCC(=O)N1CCCC1C(=O)O. The fraction of sp³-hybridized carbons (Fsp3) is 0.550. The Bertz CT molecular complexity index is 546.